The van der Waals surface area contributed by atoms with Crippen LogP contribution in [-0.4, -0.2) is 20.5 Å². The summed E-state index contributed by atoms with van der Waals surface area (Å²) in [6.45, 7) is 7.06. The lowest BCUT2D eigenvalue weighted by molar-refractivity contribution is 0.0211. The monoisotopic (exact) mass is 218 g/mol. The quantitative estimate of drug-likeness (QED) is 0.295. The second kappa shape index (κ2) is 10.7. The Balaban J connectivity index is 0. The van der Waals surface area contributed by atoms with Crippen molar-refractivity contribution in [2.45, 2.75) is 26.7 Å². The van der Waals surface area contributed by atoms with Crippen LogP contribution in [0, 0.1) is 6.79 Å². The lowest BCUT2D eigenvalue weighted by Crippen LogP contribution is -2.02. The van der Waals surface area contributed by atoms with Crippen LogP contribution in [0.2, 0.25) is 0 Å². The zero-order chi connectivity index (χ0) is 11.4. The van der Waals surface area contributed by atoms with Gasteiger partial charge in [-0.05, 0) is 12.8 Å². The minimum Gasteiger partial charge on any atom is -0.418 e. The van der Waals surface area contributed by atoms with E-state index < -0.39 is 7.25 Å². The van der Waals surface area contributed by atoms with Gasteiger partial charge < -0.3 is 17.3 Å². The molecule has 0 amide bonds. The summed E-state index contributed by atoms with van der Waals surface area (Å²) in [5, 5.41) is 0. The van der Waals surface area contributed by atoms with E-state index in [0.717, 1.165) is 26.1 Å². The fraction of sp³-hybridized carbons (Fsp3) is 0.857. The topological polar surface area (TPSA) is 18.5 Å². The van der Waals surface area contributed by atoms with Gasteiger partial charge in [-0.15, -0.1) is 0 Å². The smallest absolute Gasteiger partial charge is 0.418 e. The first-order chi connectivity index (χ1) is 6.41. The summed E-state index contributed by atoms with van der Waals surface area (Å²) in [4.78, 5) is 0. The van der Waals surface area contributed by atoms with E-state index in [1.165, 1.54) is 6.79 Å². The van der Waals surface area contributed by atoms with E-state index in [2.05, 4.69) is 13.8 Å². The summed E-state index contributed by atoms with van der Waals surface area (Å²) in [5.41, 5.74) is 0. The highest BCUT2D eigenvalue weighted by Crippen LogP contribution is 2.06. The van der Waals surface area contributed by atoms with Crippen molar-refractivity contribution in [2.24, 2.45) is 0 Å². The molecule has 86 valence electrons. The lowest BCUT2D eigenvalue weighted by atomic mass is 10.3. The minimum absolute atomic E-state index is 0.754. The van der Waals surface area contributed by atoms with E-state index in [0.29, 0.717) is 0 Å². The molecule has 0 aromatic heterocycles. The standard InChI is InChI=1S/C7H15O2.BF4/c1-3-5-8-7-9-6-4-2;2-1(3,4)5/h7H,3-6H2,1-2H3;/q+1;-1. The molecule has 0 atom stereocenters. The average molecular weight is 218 g/mol. The van der Waals surface area contributed by atoms with Crippen molar-refractivity contribution >= 4 is 7.25 Å². The van der Waals surface area contributed by atoms with Crippen molar-refractivity contribution in [3.05, 3.63) is 6.79 Å². The van der Waals surface area contributed by atoms with Crippen LogP contribution >= 0.6 is 0 Å². The van der Waals surface area contributed by atoms with Gasteiger partial charge >= 0.3 is 14.0 Å². The van der Waals surface area contributed by atoms with Gasteiger partial charge in [0.05, 0.1) is 0 Å². The minimum atomic E-state index is -6.00. The molecule has 2 nitrogen and oxygen atoms in total. The average Bonchev–Trinajstić information content (AvgIpc) is 2.01. The Morgan fingerprint density at radius 1 is 0.929 bits per heavy atom. The van der Waals surface area contributed by atoms with Gasteiger partial charge in [-0.25, -0.2) is 0 Å². The highest BCUT2D eigenvalue weighted by Gasteiger charge is 2.20. The van der Waals surface area contributed by atoms with E-state index in [1.807, 2.05) is 0 Å². The van der Waals surface area contributed by atoms with Crippen LogP contribution in [0.4, 0.5) is 17.3 Å². The maximum Gasteiger partial charge on any atom is 0.673 e. The fourth-order valence-electron chi connectivity index (χ4n) is 0.380. The van der Waals surface area contributed by atoms with Crippen LogP contribution in [0.25, 0.3) is 0 Å². The first kappa shape index (κ1) is 16.0. The molecule has 0 saturated heterocycles. The molecular weight excluding hydrogens is 203 g/mol. The highest BCUT2D eigenvalue weighted by atomic mass is 19.5. The van der Waals surface area contributed by atoms with Gasteiger partial charge in [0.15, 0.2) is 0 Å². The zero-order valence-corrected chi connectivity index (χ0v) is 8.31. The zero-order valence-electron chi connectivity index (χ0n) is 8.31. The van der Waals surface area contributed by atoms with Gasteiger partial charge in [0, 0.05) is 0 Å². The number of rotatable bonds is 6. The number of ether oxygens (including phenoxy) is 2. The Morgan fingerprint density at radius 2 is 1.21 bits per heavy atom. The van der Waals surface area contributed by atoms with Gasteiger partial charge in [0.2, 0.25) is 0 Å². The molecule has 0 aliphatic heterocycles. The van der Waals surface area contributed by atoms with Crippen LogP contribution in [-0.2, 0) is 9.47 Å². The van der Waals surface area contributed by atoms with Gasteiger partial charge in [-0.2, -0.15) is 9.47 Å². The summed E-state index contributed by atoms with van der Waals surface area (Å²) in [5.74, 6) is 0. The van der Waals surface area contributed by atoms with Crippen LogP contribution in [0.1, 0.15) is 26.7 Å². The Morgan fingerprint density at radius 3 is 1.43 bits per heavy atom. The van der Waals surface area contributed by atoms with Gasteiger partial charge in [-0.1, -0.05) is 13.8 Å². The summed E-state index contributed by atoms with van der Waals surface area (Å²) >= 11 is 0. The summed E-state index contributed by atoms with van der Waals surface area (Å²) in [6, 6.07) is 0. The summed E-state index contributed by atoms with van der Waals surface area (Å²) in [6.07, 6.45) is 2.07. The molecule has 0 aliphatic carbocycles. The van der Waals surface area contributed by atoms with E-state index >= 15 is 0 Å². The van der Waals surface area contributed by atoms with E-state index in [4.69, 9.17) is 9.47 Å². The molecule has 0 radical (unpaired) electrons. The van der Waals surface area contributed by atoms with Crippen LogP contribution in [0.15, 0.2) is 0 Å². The molecule has 0 aromatic carbocycles. The molecule has 0 aromatic rings. The molecule has 0 rings (SSSR count). The number of halogens is 4. The summed E-state index contributed by atoms with van der Waals surface area (Å²) < 4.78 is 48.9. The maximum absolute atomic E-state index is 9.75. The predicted molar refractivity (Wildman–Crippen MR) is 47.0 cm³/mol. The SMILES string of the molecule is CCCO[CH+]OCCC.F[B-](F)(F)F. The highest BCUT2D eigenvalue weighted by molar-refractivity contribution is 6.50. The molecule has 0 unspecified atom stereocenters. The molecule has 0 fully saturated rings. The normalized spacial score (nSPS) is 10.4. The first-order valence-electron chi connectivity index (χ1n) is 4.34. The second-order valence-corrected chi connectivity index (χ2v) is 2.33. The van der Waals surface area contributed by atoms with Crippen LogP contribution in [0.3, 0.4) is 0 Å². The Bertz CT molecular complexity index is 98.4. The second-order valence-electron chi connectivity index (χ2n) is 2.33. The molecule has 14 heavy (non-hydrogen) atoms. The number of hydrogen-bond acceptors (Lipinski definition) is 2. The third-order valence-corrected chi connectivity index (χ3v) is 0.780. The molecule has 7 heteroatoms. The van der Waals surface area contributed by atoms with Crippen LogP contribution < -0.4 is 0 Å². The predicted octanol–water partition coefficient (Wildman–Crippen LogP) is 3.26. The Kier molecular flexibility index (Phi) is 12.2. The van der Waals surface area contributed by atoms with Crippen molar-refractivity contribution < 1.29 is 26.7 Å². The Hall–Kier alpha value is -0.425. The van der Waals surface area contributed by atoms with Crippen molar-refractivity contribution in [3.63, 3.8) is 0 Å². The van der Waals surface area contributed by atoms with E-state index in [-0.39, 0.29) is 0 Å². The van der Waals surface area contributed by atoms with Crippen molar-refractivity contribution in [2.75, 3.05) is 13.2 Å². The van der Waals surface area contributed by atoms with Gasteiger partial charge in [-0.3, -0.25) is 0 Å². The first-order valence-corrected chi connectivity index (χ1v) is 4.34. The third kappa shape index (κ3) is 41.6. The van der Waals surface area contributed by atoms with E-state index in [9.17, 15) is 17.3 Å². The van der Waals surface area contributed by atoms with Crippen molar-refractivity contribution in [3.8, 4) is 0 Å². The third-order valence-electron chi connectivity index (χ3n) is 0.780. The van der Waals surface area contributed by atoms with Gasteiger partial charge in [0.25, 0.3) is 0 Å². The molecule has 0 N–H and O–H groups in total. The molecule has 0 bridgehead atoms. The van der Waals surface area contributed by atoms with Crippen molar-refractivity contribution in [1.29, 1.82) is 0 Å². The molecule has 0 saturated carbocycles. The maximum atomic E-state index is 9.75. The Labute approximate surface area is 81.7 Å². The molecule has 0 spiro atoms. The van der Waals surface area contributed by atoms with E-state index in [1.54, 1.807) is 0 Å². The molecular formula is C7H15BF4O2. The molecule has 0 aliphatic rings. The summed E-state index contributed by atoms with van der Waals surface area (Å²) in [7, 11) is -6.00. The lowest BCUT2D eigenvalue weighted by Gasteiger charge is -1.94. The van der Waals surface area contributed by atoms with Crippen molar-refractivity contribution in [1.82, 2.24) is 0 Å². The number of hydrogen-bond donors (Lipinski definition) is 0. The fourth-order valence-corrected chi connectivity index (χ4v) is 0.380. The largest absolute Gasteiger partial charge is 0.673 e. The molecule has 0 heterocycles. The van der Waals surface area contributed by atoms with Crippen LogP contribution in [0.5, 0.6) is 0 Å². The van der Waals surface area contributed by atoms with Gasteiger partial charge in [0.1, 0.15) is 13.2 Å².